The van der Waals surface area contributed by atoms with Gasteiger partial charge in [0.1, 0.15) is 0 Å². The predicted molar refractivity (Wildman–Crippen MR) is 86.3 cm³/mol. The lowest BCUT2D eigenvalue weighted by molar-refractivity contribution is -0.148. The first-order valence-electron chi connectivity index (χ1n) is 7.81. The molecule has 3 rings (SSSR count). The van der Waals surface area contributed by atoms with E-state index in [1.54, 1.807) is 0 Å². The number of ether oxygens (including phenoxy) is 1. The number of fused-ring (bicyclic) bond motifs is 1. The molecule has 0 aliphatic heterocycles. The fourth-order valence-corrected chi connectivity index (χ4v) is 3.14. The van der Waals surface area contributed by atoms with Gasteiger partial charge in [-0.1, -0.05) is 54.6 Å². The second-order valence-corrected chi connectivity index (χ2v) is 5.61. The molecule has 114 valence electrons. The first kappa shape index (κ1) is 14.8. The molecule has 3 nitrogen and oxygen atoms in total. The van der Waals surface area contributed by atoms with Crippen LogP contribution in [-0.4, -0.2) is 12.6 Å². The summed E-state index contributed by atoms with van der Waals surface area (Å²) in [6.45, 7) is 3.03. The number of esters is 1. The second kappa shape index (κ2) is 6.75. The van der Waals surface area contributed by atoms with Crippen LogP contribution in [0.2, 0.25) is 0 Å². The van der Waals surface area contributed by atoms with Crippen LogP contribution in [0, 0.1) is 5.92 Å². The Hall–Kier alpha value is -2.13. The molecule has 0 bridgehead atoms. The summed E-state index contributed by atoms with van der Waals surface area (Å²) in [6.07, 6.45) is 0.751. The third-order valence-electron chi connectivity index (χ3n) is 4.19. The van der Waals surface area contributed by atoms with E-state index in [0.717, 1.165) is 13.0 Å². The summed E-state index contributed by atoms with van der Waals surface area (Å²) >= 11 is 0. The number of hydrogen-bond acceptors (Lipinski definition) is 3. The van der Waals surface area contributed by atoms with Crippen molar-refractivity contribution in [2.45, 2.75) is 25.9 Å². The van der Waals surface area contributed by atoms with Crippen molar-refractivity contribution >= 4 is 5.97 Å². The van der Waals surface area contributed by atoms with Gasteiger partial charge in [0, 0.05) is 12.6 Å². The lowest BCUT2D eigenvalue weighted by atomic mass is 10.0. The second-order valence-electron chi connectivity index (χ2n) is 5.61. The summed E-state index contributed by atoms with van der Waals surface area (Å²) in [7, 11) is 0. The number of rotatable bonds is 5. The topological polar surface area (TPSA) is 38.3 Å². The SMILES string of the molecule is CCOC(=O)C1Cc2ccccc2C1NCc1ccccc1. The summed E-state index contributed by atoms with van der Waals surface area (Å²) in [5, 5.41) is 3.54. The van der Waals surface area contributed by atoms with Crippen LogP contribution in [0.15, 0.2) is 54.6 Å². The van der Waals surface area contributed by atoms with E-state index in [2.05, 4.69) is 29.6 Å². The van der Waals surface area contributed by atoms with Crippen LogP contribution >= 0.6 is 0 Å². The average molecular weight is 295 g/mol. The average Bonchev–Trinajstić information content (AvgIpc) is 2.93. The van der Waals surface area contributed by atoms with Crippen molar-refractivity contribution < 1.29 is 9.53 Å². The highest BCUT2D eigenvalue weighted by Gasteiger charge is 2.37. The van der Waals surface area contributed by atoms with Crippen LogP contribution in [0.1, 0.15) is 29.7 Å². The Bertz CT molecular complexity index is 639. The Balaban J connectivity index is 1.79. The van der Waals surface area contributed by atoms with Crippen molar-refractivity contribution in [1.82, 2.24) is 5.32 Å². The molecule has 0 heterocycles. The summed E-state index contributed by atoms with van der Waals surface area (Å²) in [5.74, 6) is -0.245. The van der Waals surface area contributed by atoms with Gasteiger partial charge in [-0.15, -0.1) is 0 Å². The largest absolute Gasteiger partial charge is 0.466 e. The van der Waals surface area contributed by atoms with Crippen LogP contribution in [0.4, 0.5) is 0 Å². The van der Waals surface area contributed by atoms with E-state index in [1.165, 1.54) is 16.7 Å². The summed E-state index contributed by atoms with van der Waals surface area (Å²) in [6, 6.07) is 18.5. The van der Waals surface area contributed by atoms with Crippen molar-refractivity contribution in [2.24, 2.45) is 5.92 Å². The first-order valence-corrected chi connectivity index (χ1v) is 7.81. The third-order valence-corrected chi connectivity index (χ3v) is 4.19. The first-order chi connectivity index (χ1) is 10.8. The zero-order valence-corrected chi connectivity index (χ0v) is 12.8. The van der Waals surface area contributed by atoms with Crippen LogP contribution < -0.4 is 5.32 Å². The fraction of sp³-hybridized carbons (Fsp3) is 0.316. The number of nitrogens with one attached hydrogen (secondary N) is 1. The molecule has 22 heavy (non-hydrogen) atoms. The van der Waals surface area contributed by atoms with Gasteiger partial charge in [-0.05, 0) is 30.0 Å². The zero-order valence-electron chi connectivity index (χ0n) is 12.8. The Morgan fingerprint density at radius 3 is 2.64 bits per heavy atom. The molecule has 2 atom stereocenters. The van der Waals surface area contributed by atoms with Gasteiger partial charge in [-0.3, -0.25) is 4.79 Å². The molecule has 1 N–H and O–H groups in total. The van der Waals surface area contributed by atoms with E-state index in [9.17, 15) is 4.79 Å². The van der Waals surface area contributed by atoms with Crippen molar-refractivity contribution in [3.8, 4) is 0 Å². The predicted octanol–water partition coefficient (Wildman–Crippen LogP) is 3.25. The maximum absolute atomic E-state index is 12.3. The van der Waals surface area contributed by atoms with Crippen LogP contribution in [0.5, 0.6) is 0 Å². The fourth-order valence-electron chi connectivity index (χ4n) is 3.14. The molecule has 2 unspecified atom stereocenters. The molecular weight excluding hydrogens is 274 g/mol. The van der Waals surface area contributed by atoms with Gasteiger partial charge in [0.25, 0.3) is 0 Å². The van der Waals surface area contributed by atoms with Crippen LogP contribution in [0.3, 0.4) is 0 Å². The standard InChI is InChI=1S/C19H21NO2/c1-2-22-19(21)17-12-15-10-6-7-11-16(15)18(17)20-13-14-8-4-3-5-9-14/h3-11,17-18,20H,2,12-13H2,1H3. The van der Waals surface area contributed by atoms with Crippen molar-refractivity contribution in [3.63, 3.8) is 0 Å². The van der Waals surface area contributed by atoms with Gasteiger partial charge in [-0.25, -0.2) is 0 Å². The van der Waals surface area contributed by atoms with Gasteiger partial charge in [0.15, 0.2) is 0 Å². The number of hydrogen-bond donors (Lipinski definition) is 1. The number of benzene rings is 2. The van der Waals surface area contributed by atoms with Crippen molar-refractivity contribution in [2.75, 3.05) is 6.61 Å². The zero-order chi connectivity index (χ0) is 15.4. The number of carbonyl (C=O) groups excluding carboxylic acids is 1. The van der Waals surface area contributed by atoms with Gasteiger partial charge in [0.2, 0.25) is 0 Å². The normalized spacial score (nSPS) is 19.7. The highest BCUT2D eigenvalue weighted by atomic mass is 16.5. The number of carbonyl (C=O) groups is 1. The minimum absolute atomic E-state index is 0.0236. The molecule has 1 aliphatic rings. The van der Waals surface area contributed by atoms with Gasteiger partial charge < -0.3 is 10.1 Å². The summed E-state index contributed by atoms with van der Waals surface area (Å²) in [4.78, 5) is 12.3. The molecule has 1 aliphatic carbocycles. The monoisotopic (exact) mass is 295 g/mol. The van der Waals surface area contributed by atoms with E-state index >= 15 is 0 Å². The molecule has 0 aromatic heterocycles. The Labute approximate surface area is 131 Å². The molecule has 0 saturated heterocycles. The van der Waals surface area contributed by atoms with Gasteiger partial charge in [-0.2, -0.15) is 0 Å². The van der Waals surface area contributed by atoms with Crippen LogP contribution in [0.25, 0.3) is 0 Å². The third kappa shape index (κ3) is 3.04. The summed E-state index contributed by atoms with van der Waals surface area (Å²) < 4.78 is 5.26. The summed E-state index contributed by atoms with van der Waals surface area (Å²) in [5.41, 5.74) is 3.68. The quantitative estimate of drug-likeness (QED) is 0.861. The Morgan fingerprint density at radius 2 is 1.86 bits per heavy atom. The van der Waals surface area contributed by atoms with Crippen LogP contribution in [-0.2, 0) is 22.5 Å². The molecule has 0 saturated carbocycles. The highest BCUT2D eigenvalue weighted by Crippen LogP contribution is 2.37. The van der Waals surface area contributed by atoms with Gasteiger partial charge in [0.05, 0.1) is 12.5 Å². The molecule has 3 heteroatoms. The van der Waals surface area contributed by atoms with Gasteiger partial charge >= 0.3 is 5.97 Å². The molecule has 2 aromatic carbocycles. The lowest BCUT2D eigenvalue weighted by Gasteiger charge is -2.21. The van der Waals surface area contributed by atoms with Crippen molar-refractivity contribution in [1.29, 1.82) is 0 Å². The minimum Gasteiger partial charge on any atom is -0.466 e. The smallest absolute Gasteiger partial charge is 0.311 e. The molecule has 2 aromatic rings. The molecule has 0 amide bonds. The van der Waals surface area contributed by atoms with E-state index < -0.39 is 0 Å². The molecule has 0 fully saturated rings. The minimum atomic E-state index is -0.138. The maximum Gasteiger partial charge on any atom is 0.311 e. The van der Waals surface area contributed by atoms with E-state index in [0.29, 0.717) is 6.61 Å². The molecule has 0 radical (unpaired) electrons. The Kier molecular flexibility index (Phi) is 4.54. The maximum atomic E-state index is 12.3. The van der Waals surface area contributed by atoms with E-state index in [1.807, 2.05) is 37.3 Å². The highest BCUT2D eigenvalue weighted by molar-refractivity contribution is 5.75. The van der Waals surface area contributed by atoms with E-state index in [-0.39, 0.29) is 17.9 Å². The van der Waals surface area contributed by atoms with E-state index in [4.69, 9.17) is 4.74 Å². The lowest BCUT2D eigenvalue weighted by Crippen LogP contribution is -2.31. The Morgan fingerprint density at radius 1 is 1.14 bits per heavy atom. The van der Waals surface area contributed by atoms with Crippen molar-refractivity contribution in [3.05, 3.63) is 71.3 Å². The molecule has 0 spiro atoms. The molecular formula is C19H21NO2.